The second-order valence-corrected chi connectivity index (χ2v) is 6.29. The number of nitrogens with one attached hydrogen (secondary N) is 1. The van der Waals surface area contributed by atoms with Crippen LogP contribution in [-0.2, 0) is 4.74 Å². The Morgan fingerprint density at radius 1 is 1.38 bits per heavy atom. The predicted molar refractivity (Wildman–Crippen MR) is 84.4 cm³/mol. The van der Waals surface area contributed by atoms with Crippen LogP contribution in [0.3, 0.4) is 0 Å². The summed E-state index contributed by atoms with van der Waals surface area (Å²) in [7, 11) is 0. The highest BCUT2D eigenvalue weighted by atomic mass is 16.5. The number of rotatable bonds is 4. The van der Waals surface area contributed by atoms with Gasteiger partial charge in [-0.2, -0.15) is 0 Å². The molecule has 8 heteroatoms. The number of aryl methyl sites for hydroxylation is 1. The third-order valence-corrected chi connectivity index (χ3v) is 4.65. The molecule has 0 saturated carbocycles. The van der Waals surface area contributed by atoms with Crippen molar-refractivity contribution in [3.8, 4) is 0 Å². The van der Waals surface area contributed by atoms with Crippen LogP contribution in [0.15, 0.2) is 29.0 Å². The van der Waals surface area contributed by atoms with E-state index in [-0.39, 0.29) is 12.0 Å². The van der Waals surface area contributed by atoms with E-state index in [2.05, 4.69) is 20.4 Å². The molecule has 0 aliphatic carbocycles. The third-order valence-electron chi connectivity index (χ3n) is 4.65. The molecule has 3 atom stereocenters. The topological polar surface area (TPSA) is 93.4 Å². The highest BCUT2D eigenvalue weighted by Gasteiger charge is 2.45. The molecular weight excluding hydrogens is 310 g/mol. The van der Waals surface area contributed by atoms with Gasteiger partial charge in [-0.3, -0.25) is 4.79 Å². The van der Waals surface area contributed by atoms with Crippen molar-refractivity contribution in [1.82, 2.24) is 20.0 Å². The number of amides is 1. The van der Waals surface area contributed by atoms with Crippen LogP contribution in [0.5, 0.6) is 0 Å². The summed E-state index contributed by atoms with van der Waals surface area (Å²) < 4.78 is 11.0. The number of hydrogen-bond acceptors (Lipinski definition) is 7. The Morgan fingerprint density at radius 3 is 2.96 bits per heavy atom. The zero-order valence-corrected chi connectivity index (χ0v) is 13.4. The lowest BCUT2D eigenvalue weighted by molar-refractivity contribution is 0.0646. The lowest BCUT2D eigenvalue weighted by Gasteiger charge is -2.19. The molecule has 2 aromatic rings. The Kier molecular flexibility index (Phi) is 3.89. The number of hydrogen-bond donors (Lipinski definition) is 1. The number of anilines is 1. The van der Waals surface area contributed by atoms with Crippen LogP contribution in [0.2, 0.25) is 0 Å². The van der Waals surface area contributed by atoms with E-state index in [1.807, 2.05) is 0 Å². The highest BCUT2D eigenvalue weighted by molar-refractivity contribution is 5.91. The minimum atomic E-state index is -0.119. The van der Waals surface area contributed by atoms with Gasteiger partial charge in [-0.25, -0.2) is 9.97 Å². The van der Waals surface area contributed by atoms with Gasteiger partial charge in [-0.05, 0) is 13.0 Å². The summed E-state index contributed by atoms with van der Waals surface area (Å²) in [6.07, 6.45) is 3.50. The highest BCUT2D eigenvalue weighted by Crippen LogP contribution is 2.34. The number of ether oxygens (including phenoxy) is 1. The van der Waals surface area contributed by atoms with Gasteiger partial charge in [0.2, 0.25) is 11.7 Å². The van der Waals surface area contributed by atoms with Crippen LogP contribution in [0.25, 0.3) is 0 Å². The average molecular weight is 329 g/mol. The molecule has 1 amide bonds. The molecule has 0 radical (unpaired) electrons. The molecule has 0 aromatic carbocycles. The van der Waals surface area contributed by atoms with E-state index in [9.17, 15) is 4.79 Å². The second-order valence-electron chi connectivity index (χ2n) is 6.29. The number of aromatic nitrogens is 3. The fourth-order valence-corrected chi connectivity index (χ4v) is 3.41. The largest absolute Gasteiger partial charge is 0.376 e. The van der Waals surface area contributed by atoms with Crippen LogP contribution in [0, 0.1) is 18.8 Å². The monoisotopic (exact) mass is 329 g/mol. The molecule has 24 heavy (non-hydrogen) atoms. The molecule has 1 N–H and O–H groups in total. The fourth-order valence-electron chi connectivity index (χ4n) is 3.41. The Labute approximate surface area is 139 Å². The summed E-state index contributed by atoms with van der Waals surface area (Å²) in [4.78, 5) is 22.6. The van der Waals surface area contributed by atoms with Crippen LogP contribution in [0.1, 0.15) is 16.2 Å². The Balaban J connectivity index is 1.37. The third kappa shape index (κ3) is 2.84. The zero-order valence-electron chi connectivity index (χ0n) is 13.4. The van der Waals surface area contributed by atoms with Crippen LogP contribution in [-0.4, -0.2) is 58.3 Å². The van der Waals surface area contributed by atoms with Gasteiger partial charge >= 0.3 is 0 Å². The maximum absolute atomic E-state index is 12.5. The quantitative estimate of drug-likeness (QED) is 0.893. The summed E-state index contributed by atoms with van der Waals surface area (Å²) >= 11 is 0. The normalized spacial score (nSPS) is 25.7. The molecular formula is C16H19N5O3. The summed E-state index contributed by atoms with van der Waals surface area (Å²) in [6.45, 7) is 4.50. The standard InChI is InChI=1S/C16H19N5O3/c1-10-5-13(24-20-10)15(22)21-7-12-11(9-23-14(12)8-21)6-19-16-17-3-2-4-18-16/h2-5,11-12,14H,6-9H2,1H3,(H,17,18,19)/t11-,12+,14+/m1/s1. The first-order valence-corrected chi connectivity index (χ1v) is 8.06. The number of carbonyl (C=O) groups is 1. The van der Waals surface area contributed by atoms with E-state index in [1.54, 1.807) is 36.4 Å². The summed E-state index contributed by atoms with van der Waals surface area (Å²) in [5, 5.41) is 7.03. The summed E-state index contributed by atoms with van der Waals surface area (Å²) in [6, 6.07) is 3.45. The predicted octanol–water partition coefficient (Wildman–Crippen LogP) is 0.972. The van der Waals surface area contributed by atoms with E-state index in [4.69, 9.17) is 9.26 Å². The molecule has 0 unspecified atom stereocenters. The van der Waals surface area contributed by atoms with Crippen molar-refractivity contribution in [3.05, 3.63) is 36.0 Å². The zero-order chi connectivity index (χ0) is 16.5. The van der Waals surface area contributed by atoms with Crippen LogP contribution >= 0.6 is 0 Å². The van der Waals surface area contributed by atoms with Gasteiger partial charge < -0.3 is 19.5 Å². The first-order chi connectivity index (χ1) is 11.7. The molecule has 2 aliphatic heterocycles. The van der Waals surface area contributed by atoms with E-state index in [1.165, 1.54) is 0 Å². The Bertz CT molecular complexity index is 720. The van der Waals surface area contributed by atoms with Gasteiger partial charge in [-0.15, -0.1) is 0 Å². The minimum Gasteiger partial charge on any atom is -0.376 e. The van der Waals surface area contributed by atoms with Gasteiger partial charge in [0.25, 0.3) is 5.91 Å². The van der Waals surface area contributed by atoms with Crippen molar-refractivity contribution in [3.63, 3.8) is 0 Å². The van der Waals surface area contributed by atoms with E-state index >= 15 is 0 Å². The molecule has 126 valence electrons. The molecule has 4 rings (SSSR count). The van der Waals surface area contributed by atoms with Crippen molar-refractivity contribution >= 4 is 11.9 Å². The van der Waals surface area contributed by atoms with Gasteiger partial charge in [-0.1, -0.05) is 5.16 Å². The molecule has 2 aromatic heterocycles. The molecule has 2 fully saturated rings. The van der Waals surface area contributed by atoms with Crippen LogP contribution < -0.4 is 5.32 Å². The molecule has 2 saturated heterocycles. The molecule has 4 heterocycles. The van der Waals surface area contributed by atoms with Crippen molar-refractivity contribution in [2.45, 2.75) is 13.0 Å². The maximum atomic E-state index is 12.5. The Hall–Kier alpha value is -2.48. The van der Waals surface area contributed by atoms with Gasteiger partial charge in [0.05, 0.1) is 18.4 Å². The summed E-state index contributed by atoms with van der Waals surface area (Å²) in [5.74, 6) is 1.43. The number of likely N-dealkylation sites (tertiary alicyclic amines) is 1. The lowest BCUT2D eigenvalue weighted by Crippen LogP contribution is -2.32. The van der Waals surface area contributed by atoms with Crippen molar-refractivity contribution in [2.24, 2.45) is 11.8 Å². The maximum Gasteiger partial charge on any atom is 0.292 e. The average Bonchev–Trinajstić information content (AvgIpc) is 3.29. The molecule has 8 nitrogen and oxygen atoms in total. The number of nitrogens with zero attached hydrogens (tertiary/aromatic N) is 4. The lowest BCUT2D eigenvalue weighted by atomic mass is 9.93. The van der Waals surface area contributed by atoms with Crippen molar-refractivity contribution in [1.29, 1.82) is 0 Å². The number of fused-ring (bicyclic) bond motifs is 1. The second kappa shape index (κ2) is 6.20. The number of carbonyl (C=O) groups excluding carboxylic acids is 1. The minimum absolute atomic E-state index is 0.0847. The SMILES string of the molecule is Cc1cc(C(=O)N2C[C@H]3[C@H](CNc4ncccn4)CO[C@H]3C2)on1. The van der Waals surface area contributed by atoms with E-state index in [0.29, 0.717) is 48.9 Å². The fraction of sp³-hybridized carbons (Fsp3) is 0.500. The molecule has 0 spiro atoms. The van der Waals surface area contributed by atoms with Gasteiger partial charge in [0, 0.05) is 49.9 Å². The first kappa shape index (κ1) is 15.1. The van der Waals surface area contributed by atoms with Crippen molar-refractivity contribution in [2.75, 3.05) is 31.6 Å². The van der Waals surface area contributed by atoms with Crippen molar-refractivity contribution < 1.29 is 14.1 Å². The van der Waals surface area contributed by atoms with Gasteiger partial charge in [0.15, 0.2) is 0 Å². The van der Waals surface area contributed by atoms with Crippen LogP contribution in [0.4, 0.5) is 5.95 Å². The molecule has 0 bridgehead atoms. The summed E-state index contributed by atoms with van der Waals surface area (Å²) in [5.41, 5.74) is 0.707. The van der Waals surface area contributed by atoms with E-state index < -0.39 is 0 Å². The molecule has 2 aliphatic rings. The Morgan fingerprint density at radius 2 is 2.21 bits per heavy atom. The van der Waals surface area contributed by atoms with E-state index in [0.717, 1.165) is 6.54 Å². The first-order valence-electron chi connectivity index (χ1n) is 8.06. The smallest absolute Gasteiger partial charge is 0.292 e. The van der Waals surface area contributed by atoms with Gasteiger partial charge in [0.1, 0.15) is 0 Å².